The number of furan rings is 1. The van der Waals surface area contributed by atoms with Gasteiger partial charge in [0.1, 0.15) is 0 Å². The first-order valence-corrected chi connectivity index (χ1v) is 9.29. The molecule has 0 fully saturated rings. The van der Waals surface area contributed by atoms with Crippen LogP contribution in [0.5, 0.6) is 0 Å². The average molecular weight is 392 g/mol. The van der Waals surface area contributed by atoms with Crippen molar-refractivity contribution >= 4 is 18.4 Å². The SMILES string of the molecule is Cc1ccc(Cn2nc(C)c(/C=N/n3c(-c4ccco4)n[nH]c3=S)c2C)cc1. The number of nitrogens with one attached hydrogen (secondary N) is 1. The van der Waals surface area contributed by atoms with Gasteiger partial charge in [0.25, 0.3) is 0 Å². The molecule has 7 nitrogen and oxygen atoms in total. The normalized spacial score (nSPS) is 11.5. The van der Waals surface area contributed by atoms with Crippen molar-refractivity contribution < 1.29 is 4.42 Å². The summed E-state index contributed by atoms with van der Waals surface area (Å²) in [6, 6.07) is 12.1. The van der Waals surface area contributed by atoms with E-state index in [9.17, 15) is 0 Å². The fourth-order valence-corrected chi connectivity index (χ4v) is 3.18. The molecule has 0 aliphatic carbocycles. The first-order valence-electron chi connectivity index (χ1n) is 8.88. The van der Waals surface area contributed by atoms with Crippen LogP contribution in [0.4, 0.5) is 0 Å². The summed E-state index contributed by atoms with van der Waals surface area (Å²) in [5.41, 5.74) is 5.35. The number of aryl methyl sites for hydroxylation is 2. The molecule has 0 spiro atoms. The summed E-state index contributed by atoms with van der Waals surface area (Å²) >= 11 is 5.30. The Hall–Kier alpha value is -3.26. The Balaban J connectivity index is 1.64. The second kappa shape index (κ2) is 7.40. The summed E-state index contributed by atoms with van der Waals surface area (Å²) in [5.74, 6) is 1.11. The predicted molar refractivity (Wildman–Crippen MR) is 110 cm³/mol. The molecule has 4 aromatic rings. The lowest BCUT2D eigenvalue weighted by Crippen LogP contribution is -2.04. The van der Waals surface area contributed by atoms with E-state index in [4.69, 9.17) is 16.6 Å². The zero-order valence-corrected chi connectivity index (χ0v) is 16.7. The predicted octanol–water partition coefficient (Wildman–Crippen LogP) is 4.25. The number of nitrogens with zero attached hydrogens (tertiary/aromatic N) is 5. The Bertz CT molecular complexity index is 1180. The van der Waals surface area contributed by atoms with Crippen LogP contribution in [0.3, 0.4) is 0 Å². The van der Waals surface area contributed by atoms with Crippen LogP contribution in [0, 0.1) is 25.5 Å². The highest BCUT2D eigenvalue weighted by Crippen LogP contribution is 2.18. The molecule has 142 valence electrons. The van der Waals surface area contributed by atoms with Gasteiger partial charge in [0.2, 0.25) is 10.6 Å². The quantitative estimate of drug-likeness (QED) is 0.407. The van der Waals surface area contributed by atoms with E-state index in [2.05, 4.69) is 51.6 Å². The fourth-order valence-electron chi connectivity index (χ4n) is 3.00. The van der Waals surface area contributed by atoms with Gasteiger partial charge in [-0.2, -0.15) is 14.9 Å². The minimum atomic E-state index is 0.394. The van der Waals surface area contributed by atoms with Gasteiger partial charge in [0, 0.05) is 11.3 Å². The van der Waals surface area contributed by atoms with Gasteiger partial charge < -0.3 is 4.42 Å². The monoisotopic (exact) mass is 392 g/mol. The van der Waals surface area contributed by atoms with Crippen LogP contribution in [-0.2, 0) is 6.54 Å². The maximum Gasteiger partial charge on any atom is 0.219 e. The first kappa shape index (κ1) is 18.1. The average Bonchev–Trinajstić information content (AvgIpc) is 3.38. The molecule has 8 heteroatoms. The zero-order chi connectivity index (χ0) is 19.7. The van der Waals surface area contributed by atoms with Crippen LogP contribution in [0.2, 0.25) is 0 Å². The van der Waals surface area contributed by atoms with Gasteiger partial charge in [-0.05, 0) is 50.7 Å². The molecule has 3 heterocycles. The number of hydrogen-bond donors (Lipinski definition) is 1. The molecular formula is C20H20N6OS. The molecule has 0 saturated heterocycles. The molecule has 28 heavy (non-hydrogen) atoms. The lowest BCUT2D eigenvalue weighted by atomic mass is 10.1. The Morgan fingerprint density at radius 1 is 1.18 bits per heavy atom. The van der Waals surface area contributed by atoms with Crippen molar-refractivity contribution in [1.29, 1.82) is 0 Å². The zero-order valence-electron chi connectivity index (χ0n) is 15.9. The Morgan fingerprint density at radius 3 is 2.68 bits per heavy atom. The van der Waals surface area contributed by atoms with E-state index < -0.39 is 0 Å². The van der Waals surface area contributed by atoms with Crippen LogP contribution >= 0.6 is 12.2 Å². The van der Waals surface area contributed by atoms with Crippen molar-refractivity contribution in [1.82, 2.24) is 24.7 Å². The number of benzene rings is 1. The van der Waals surface area contributed by atoms with Crippen LogP contribution in [-0.4, -0.2) is 30.9 Å². The fraction of sp³-hybridized carbons (Fsp3) is 0.200. The molecule has 4 rings (SSSR count). The van der Waals surface area contributed by atoms with E-state index in [0.29, 0.717) is 22.9 Å². The summed E-state index contributed by atoms with van der Waals surface area (Å²) in [6.45, 7) is 6.81. The second-order valence-electron chi connectivity index (χ2n) is 6.61. The van der Waals surface area contributed by atoms with Crippen LogP contribution in [0.1, 0.15) is 28.1 Å². The summed E-state index contributed by atoms with van der Waals surface area (Å²) in [6.07, 6.45) is 3.35. The Morgan fingerprint density at radius 2 is 1.96 bits per heavy atom. The van der Waals surface area contributed by atoms with Gasteiger partial charge in [0.15, 0.2) is 5.76 Å². The van der Waals surface area contributed by atoms with Crippen molar-refractivity contribution in [3.05, 3.63) is 75.5 Å². The molecule has 0 saturated carbocycles. The maximum atomic E-state index is 5.41. The molecular weight excluding hydrogens is 372 g/mol. The van der Waals surface area contributed by atoms with Gasteiger partial charge in [0.05, 0.1) is 24.7 Å². The van der Waals surface area contributed by atoms with Gasteiger partial charge in [-0.25, -0.2) is 5.10 Å². The van der Waals surface area contributed by atoms with E-state index in [1.165, 1.54) is 11.1 Å². The highest BCUT2D eigenvalue weighted by molar-refractivity contribution is 7.71. The summed E-state index contributed by atoms with van der Waals surface area (Å²) in [4.78, 5) is 0. The van der Waals surface area contributed by atoms with Crippen molar-refractivity contribution in [2.75, 3.05) is 0 Å². The number of aromatic amines is 1. The van der Waals surface area contributed by atoms with E-state index in [0.717, 1.165) is 17.0 Å². The smallest absolute Gasteiger partial charge is 0.219 e. The first-order chi connectivity index (χ1) is 13.5. The topological polar surface area (TPSA) is 76.9 Å². The largest absolute Gasteiger partial charge is 0.461 e. The highest BCUT2D eigenvalue weighted by Gasteiger charge is 2.13. The third-order valence-electron chi connectivity index (χ3n) is 4.58. The summed E-state index contributed by atoms with van der Waals surface area (Å²) < 4.78 is 9.34. The second-order valence-corrected chi connectivity index (χ2v) is 7.00. The molecule has 3 aromatic heterocycles. The van der Waals surface area contributed by atoms with Crippen molar-refractivity contribution in [2.45, 2.75) is 27.3 Å². The summed E-state index contributed by atoms with van der Waals surface area (Å²) in [5, 5.41) is 16.2. The third-order valence-corrected chi connectivity index (χ3v) is 4.85. The molecule has 0 radical (unpaired) electrons. The maximum absolute atomic E-state index is 5.41. The minimum Gasteiger partial charge on any atom is -0.461 e. The van der Waals surface area contributed by atoms with Gasteiger partial charge in [-0.1, -0.05) is 29.8 Å². The lowest BCUT2D eigenvalue weighted by Gasteiger charge is -2.05. The lowest BCUT2D eigenvalue weighted by molar-refractivity contribution is 0.573. The molecule has 0 aliphatic heterocycles. The Kier molecular flexibility index (Phi) is 4.79. The molecule has 0 unspecified atom stereocenters. The summed E-state index contributed by atoms with van der Waals surface area (Å²) in [7, 11) is 0. The Labute approximate surface area is 167 Å². The molecule has 0 aliphatic rings. The third kappa shape index (κ3) is 3.46. The van der Waals surface area contributed by atoms with Crippen LogP contribution < -0.4 is 0 Å². The van der Waals surface area contributed by atoms with Gasteiger partial charge >= 0.3 is 0 Å². The minimum absolute atomic E-state index is 0.394. The van der Waals surface area contributed by atoms with E-state index in [1.54, 1.807) is 23.2 Å². The number of H-pyrrole nitrogens is 1. The number of rotatable bonds is 5. The molecule has 0 amide bonds. The highest BCUT2D eigenvalue weighted by atomic mass is 32.1. The van der Waals surface area contributed by atoms with E-state index in [-0.39, 0.29) is 0 Å². The molecule has 0 atom stereocenters. The van der Waals surface area contributed by atoms with Crippen molar-refractivity contribution in [2.24, 2.45) is 5.10 Å². The molecule has 1 N–H and O–H groups in total. The van der Waals surface area contributed by atoms with Gasteiger partial charge in [-0.15, -0.1) is 5.10 Å². The van der Waals surface area contributed by atoms with Gasteiger partial charge in [-0.3, -0.25) is 4.68 Å². The van der Waals surface area contributed by atoms with Crippen molar-refractivity contribution in [3.63, 3.8) is 0 Å². The standard InChI is InChI=1S/C20H20N6OS/c1-13-6-8-16(9-7-13)12-25-15(3)17(14(2)24-25)11-21-26-19(22-23-20(26)28)18-5-4-10-27-18/h4-11H,12H2,1-3H3,(H,23,28)/b21-11+. The van der Waals surface area contributed by atoms with Crippen LogP contribution in [0.15, 0.2) is 52.2 Å². The van der Waals surface area contributed by atoms with Crippen LogP contribution in [0.25, 0.3) is 11.6 Å². The molecule has 0 bridgehead atoms. The molecule has 1 aromatic carbocycles. The number of aromatic nitrogens is 5. The van der Waals surface area contributed by atoms with E-state index in [1.807, 2.05) is 24.6 Å². The van der Waals surface area contributed by atoms with Crippen molar-refractivity contribution in [3.8, 4) is 11.6 Å². The van der Waals surface area contributed by atoms with E-state index >= 15 is 0 Å². The number of hydrogen-bond acceptors (Lipinski definition) is 5.